The summed E-state index contributed by atoms with van der Waals surface area (Å²) in [6.45, 7) is 0.483. The maximum atomic E-state index is 6.07. The van der Waals surface area contributed by atoms with Crippen LogP contribution in [0.5, 0.6) is 11.5 Å². The zero-order valence-electron chi connectivity index (χ0n) is 13.5. The molecule has 0 aliphatic rings. The van der Waals surface area contributed by atoms with Crippen molar-refractivity contribution in [2.24, 2.45) is 0 Å². The zero-order valence-corrected chi connectivity index (χ0v) is 13.5. The third kappa shape index (κ3) is 3.42. The number of para-hydroxylation sites is 1. The minimum Gasteiger partial charge on any atom is -0.496 e. The van der Waals surface area contributed by atoms with Crippen LogP contribution in [0.15, 0.2) is 72.8 Å². The zero-order chi connectivity index (χ0) is 16.8. The summed E-state index contributed by atoms with van der Waals surface area (Å²) in [5, 5.41) is 0. The molecule has 2 heteroatoms. The van der Waals surface area contributed by atoms with Gasteiger partial charge in [0.1, 0.15) is 18.1 Å². The molecule has 0 spiro atoms. The van der Waals surface area contributed by atoms with Gasteiger partial charge in [0.25, 0.3) is 0 Å². The minimum absolute atomic E-state index is 0.483. The van der Waals surface area contributed by atoms with E-state index in [0.717, 1.165) is 33.8 Å². The van der Waals surface area contributed by atoms with Gasteiger partial charge in [0.15, 0.2) is 0 Å². The molecular weight excluding hydrogens is 296 g/mol. The summed E-state index contributed by atoms with van der Waals surface area (Å²) in [7, 11) is 1.67. The monoisotopic (exact) mass is 314 g/mol. The van der Waals surface area contributed by atoms with Gasteiger partial charge < -0.3 is 9.47 Å². The van der Waals surface area contributed by atoms with Crippen molar-refractivity contribution in [3.05, 3.63) is 83.9 Å². The third-order valence-electron chi connectivity index (χ3n) is 3.78. The third-order valence-corrected chi connectivity index (χ3v) is 3.78. The number of ether oxygens (including phenoxy) is 2. The lowest BCUT2D eigenvalue weighted by Crippen LogP contribution is -1.98. The molecule has 3 aromatic rings. The van der Waals surface area contributed by atoms with E-state index in [1.165, 1.54) is 0 Å². The van der Waals surface area contributed by atoms with E-state index in [-0.39, 0.29) is 0 Å². The molecule has 0 atom stereocenters. The molecular formula is C22H18O2. The molecule has 0 radical (unpaired) electrons. The molecule has 0 heterocycles. The highest BCUT2D eigenvalue weighted by molar-refractivity contribution is 5.76. The average Bonchev–Trinajstić information content (AvgIpc) is 2.67. The number of terminal acetylenes is 1. The van der Waals surface area contributed by atoms with Crippen molar-refractivity contribution in [2.45, 2.75) is 6.61 Å². The molecule has 24 heavy (non-hydrogen) atoms. The molecule has 2 nitrogen and oxygen atoms in total. The standard InChI is InChI=1S/C22H18O2/c1-3-17-13-14-20(19-11-7-8-12-21(19)23-2)22(15-17)24-16-18-9-5-4-6-10-18/h1,4-15H,16H2,2H3. The van der Waals surface area contributed by atoms with Crippen LogP contribution in [0.1, 0.15) is 11.1 Å². The summed E-state index contributed by atoms with van der Waals surface area (Å²) in [5.74, 6) is 4.21. The normalized spacial score (nSPS) is 10.0. The van der Waals surface area contributed by atoms with Crippen LogP contribution < -0.4 is 9.47 Å². The van der Waals surface area contributed by atoms with Crippen molar-refractivity contribution in [2.75, 3.05) is 7.11 Å². The first-order valence-corrected chi connectivity index (χ1v) is 7.72. The second-order valence-corrected chi connectivity index (χ2v) is 5.33. The highest BCUT2D eigenvalue weighted by Gasteiger charge is 2.12. The predicted molar refractivity (Wildman–Crippen MR) is 97.1 cm³/mol. The molecule has 0 saturated carbocycles. The van der Waals surface area contributed by atoms with Crippen molar-refractivity contribution >= 4 is 0 Å². The lowest BCUT2D eigenvalue weighted by molar-refractivity contribution is 0.307. The van der Waals surface area contributed by atoms with Gasteiger partial charge in [-0.1, -0.05) is 54.5 Å². The van der Waals surface area contributed by atoms with Gasteiger partial charge in [0.2, 0.25) is 0 Å². The Morgan fingerprint density at radius 3 is 2.29 bits per heavy atom. The fourth-order valence-corrected chi connectivity index (χ4v) is 2.56. The summed E-state index contributed by atoms with van der Waals surface area (Å²) in [4.78, 5) is 0. The smallest absolute Gasteiger partial charge is 0.129 e. The van der Waals surface area contributed by atoms with E-state index in [4.69, 9.17) is 15.9 Å². The highest BCUT2D eigenvalue weighted by atomic mass is 16.5. The van der Waals surface area contributed by atoms with Crippen LogP contribution in [0.25, 0.3) is 11.1 Å². The summed E-state index contributed by atoms with van der Waals surface area (Å²) in [6.07, 6.45) is 5.54. The van der Waals surface area contributed by atoms with Crippen LogP contribution in [0, 0.1) is 12.3 Å². The van der Waals surface area contributed by atoms with Gasteiger partial charge in [0.05, 0.1) is 7.11 Å². The van der Waals surface area contributed by atoms with Crippen LogP contribution in [0.2, 0.25) is 0 Å². The largest absolute Gasteiger partial charge is 0.496 e. The lowest BCUT2D eigenvalue weighted by atomic mass is 10.0. The summed E-state index contributed by atoms with van der Waals surface area (Å²) in [5.41, 5.74) is 3.83. The first kappa shape index (κ1) is 15.7. The molecule has 0 aromatic heterocycles. The average molecular weight is 314 g/mol. The van der Waals surface area contributed by atoms with Crippen molar-refractivity contribution < 1.29 is 9.47 Å². The fourth-order valence-electron chi connectivity index (χ4n) is 2.56. The maximum absolute atomic E-state index is 6.07. The van der Waals surface area contributed by atoms with E-state index in [9.17, 15) is 0 Å². The molecule has 0 unspecified atom stereocenters. The van der Waals surface area contributed by atoms with Gasteiger partial charge in [-0.25, -0.2) is 0 Å². The van der Waals surface area contributed by atoms with Crippen molar-refractivity contribution in [1.82, 2.24) is 0 Å². The summed E-state index contributed by atoms with van der Waals surface area (Å²) in [6, 6.07) is 23.7. The Balaban J connectivity index is 1.99. The van der Waals surface area contributed by atoms with Crippen LogP contribution in [0.3, 0.4) is 0 Å². The van der Waals surface area contributed by atoms with E-state index in [1.807, 2.05) is 72.8 Å². The van der Waals surface area contributed by atoms with Crippen molar-refractivity contribution in [3.63, 3.8) is 0 Å². The number of methoxy groups -OCH3 is 1. The number of hydrogen-bond acceptors (Lipinski definition) is 2. The molecule has 0 aliphatic carbocycles. The molecule has 0 aliphatic heterocycles. The second-order valence-electron chi connectivity index (χ2n) is 5.33. The Morgan fingerprint density at radius 1 is 0.833 bits per heavy atom. The molecule has 0 amide bonds. The first-order valence-electron chi connectivity index (χ1n) is 7.72. The van der Waals surface area contributed by atoms with Crippen molar-refractivity contribution in [3.8, 4) is 35.0 Å². The number of hydrogen-bond donors (Lipinski definition) is 0. The Morgan fingerprint density at radius 2 is 1.54 bits per heavy atom. The Labute approximate surface area is 142 Å². The van der Waals surface area contributed by atoms with E-state index in [1.54, 1.807) is 7.11 Å². The first-order chi connectivity index (χ1) is 11.8. The molecule has 3 rings (SSSR count). The van der Waals surface area contributed by atoms with Gasteiger partial charge in [-0.3, -0.25) is 0 Å². The van der Waals surface area contributed by atoms with Gasteiger partial charge in [-0.05, 0) is 29.8 Å². The van der Waals surface area contributed by atoms with Gasteiger partial charge >= 0.3 is 0 Å². The van der Waals surface area contributed by atoms with Gasteiger partial charge in [-0.15, -0.1) is 6.42 Å². The number of rotatable bonds is 5. The summed E-state index contributed by atoms with van der Waals surface area (Å²) < 4.78 is 11.5. The predicted octanol–water partition coefficient (Wildman–Crippen LogP) is 4.92. The highest BCUT2D eigenvalue weighted by Crippen LogP contribution is 2.37. The van der Waals surface area contributed by atoms with Crippen LogP contribution in [-0.4, -0.2) is 7.11 Å². The minimum atomic E-state index is 0.483. The fraction of sp³-hybridized carbons (Fsp3) is 0.0909. The van der Waals surface area contributed by atoms with E-state index >= 15 is 0 Å². The maximum Gasteiger partial charge on any atom is 0.129 e. The Hall–Kier alpha value is -3.18. The van der Waals surface area contributed by atoms with E-state index < -0.39 is 0 Å². The topological polar surface area (TPSA) is 18.5 Å². The number of benzene rings is 3. The van der Waals surface area contributed by atoms with Gasteiger partial charge in [-0.2, -0.15) is 0 Å². The molecule has 0 bridgehead atoms. The quantitative estimate of drug-likeness (QED) is 0.622. The van der Waals surface area contributed by atoms with Crippen LogP contribution in [0.4, 0.5) is 0 Å². The van der Waals surface area contributed by atoms with E-state index in [0.29, 0.717) is 6.61 Å². The molecule has 0 fully saturated rings. The molecule has 3 aromatic carbocycles. The lowest BCUT2D eigenvalue weighted by Gasteiger charge is -2.15. The molecule has 0 saturated heterocycles. The Bertz CT molecular complexity index is 861. The van der Waals surface area contributed by atoms with Crippen LogP contribution in [-0.2, 0) is 6.61 Å². The molecule has 118 valence electrons. The Kier molecular flexibility index (Phi) is 4.84. The SMILES string of the molecule is C#Cc1ccc(-c2ccccc2OC)c(OCc2ccccc2)c1. The van der Waals surface area contributed by atoms with Gasteiger partial charge in [0, 0.05) is 16.7 Å². The van der Waals surface area contributed by atoms with E-state index in [2.05, 4.69) is 5.92 Å². The van der Waals surface area contributed by atoms with Crippen molar-refractivity contribution in [1.29, 1.82) is 0 Å². The second kappa shape index (κ2) is 7.39. The van der Waals surface area contributed by atoms with Crippen LogP contribution >= 0.6 is 0 Å². The molecule has 0 N–H and O–H groups in total. The summed E-state index contributed by atoms with van der Waals surface area (Å²) >= 11 is 0.